The molecule has 13 nitrogen and oxygen atoms in total. The molecule has 13 heteroatoms. The van der Waals surface area contributed by atoms with Crippen LogP contribution in [-0.2, 0) is 0 Å². The second-order valence-corrected chi connectivity index (χ2v) is 11.8. The number of hydrogen-bond acceptors (Lipinski definition) is 8. The Morgan fingerprint density at radius 3 is 2.29 bits per heavy atom. The molecule has 0 saturated heterocycles. The summed E-state index contributed by atoms with van der Waals surface area (Å²) < 4.78 is 4.05. The molecule has 2 aromatic carbocycles. The molecule has 6 aromatic rings. The Kier molecular flexibility index (Phi) is 8.19. The number of hydrogen-bond donors (Lipinski definition) is 2. The Bertz CT molecular complexity index is 2320. The van der Waals surface area contributed by atoms with E-state index in [1.54, 1.807) is 87.2 Å². The number of para-hydroxylation sites is 1. The number of amides is 2. The molecule has 4 heterocycles. The molecule has 0 aliphatic rings. The van der Waals surface area contributed by atoms with E-state index in [1.807, 2.05) is 25.1 Å². The number of aryl methyl sites for hydroxylation is 1. The highest BCUT2D eigenvalue weighted by molar-refractivity contribution is 6.04. The largest absolute Gasteiger partial charge is 0.382 e. The third-order valence-electron chi connectivity index (χ3n) is 7.98. The SMILES string of the molecule is Cc1cc(C(=O)N(C)C)ncc1-c1cc(-c2ccc(NC(=O)c3cn(C(C)C)c(=O)n(-c4ccccc4)c3=O)cc2)c2c(N)ncnn12. The van der Waals surface area contributed by atoms with E-state index in [0.717, 1.165) is 26.8 Å². The van der Waals surface area contributed by atoms with Gasteiger partial charge in [-0.15, -0.1) is 0 Å². The van der Waals surface area contributed by atoms with Crippen LogP contribution < -0.4 is 22.3 Å². The maximum atomic E-state index is 13.5. The van der Waals surface area contributed by atoms with Gasteiger partial charge in [0.25, 0.3) is 17.4 Å². The Labute approximate surface area is 274 Å². The van der Waals surface area contributed by atoms with Crippen LogP contribution >= 0.6 is 0 Å². The molecule has 3 N–H and O–H groups in total. The standard InChI is InChI=1S/C35H33N9O4/c1-20(2)42-18-27(33(46)43(35(42)48)24-9-7-6-8-10-24)32(45)40-23-13-11-22(12-14-23)25-16-29(44-30(25)31(36)38-19-39-44)26-17-37-28(15-21(26)3)34(47)41(4)5/h6-20H,1-5H3,(H,40,45)(H2,36,38,39). The third kappa shape index (κ3) is 5.61. The summed E-state index contributed by atoms with van der Waals surface area (Å²) in [5.74, 6) is -0.587. The molecule has 0 aliphatic heterocycles. The Balaban J connectivity index is 1.35. The quantitative estimate of drug-likeness (QED) is 0.262. The summed E-state index contributed by atoms with van der Waals surface area (Å²) in [5.41, 5.74) is 10.4. The van der Waals surface area contributed by atoms with Gasteiger partial charge in [-0.2, -0.15) is 5.10 Å². The molecule has 4 aromatic heterocycles. The maximum Gasteiger partial charge on any atom is 0.335 e. The molecule has 2 amide bonds. The van der Waals surface area contributed by atoms with Gasteiger partial charge in [-0.25, -0.2) is 18.9 Å². The minimum Gasteiger partial charge on any atom is -0.382 e. The van der Waals surface area contributed by atoms with Crippen LogP contribution in [0, 0.1) is 6.92 Å². The second kappa shape index (κ2) is 12.4. The normalized spacial score (nSPS) is 11.2. The lowest BCUT2D eigenvalue weighted by molar-refractivity contribution is 0.0821. The van der Waals surface area contributed by atoms with Gasteiger partial charge in [-0.1, -0.05) is 30.3 Å². The average molecular weight is 644 g/mol. The van der Waals surface area contributed by atoms with E-state index in [1.165, 1.54) is 22.0 Å². The van der Waals surface area contributed by atoms with Crippen LogP contribution in [0.15, 0.2) is 95.0 Å². The lowest BCUT2D eigenvalue weighted by Gasteiger charge is -2.15. The van der Waals surface area contributed by atoms with Crippen molar-refractivity contribution in [3.05, 3.63) is 123 Å². The van der Waals surface area contributed by atoms with Gasteiger partial charge < -0.3 is 16.0 Å². The summed E-state index contributed by atoms with van der Waals surface area (Å²) in [6, 6.07) is 18.9. The molecule has 0 saturated carbocycles. The first-order valence-corrected chi connectivity index (χ1v) is 15.1. The van der Waals surface area contributed by atoms with Crippen LogP contribution in [0.5, 0.6) is 0 Å². The Morgan fingerprint density at radius 2 is 1.65 bits per heavy atom. The molecule has 0 unspecified atom stereocenters. The molecule has 48 heavy (non-hydrogen) atoms. The number of nitrogens with zero attached hydrogens (tertiary/aromatic N) is 7. The van der Waals surface area contributed by atoms with Crippen molar-refractivity contribution in [3.63, 3.8) is 0 Å². The predicted molar refractivity (Wildman–Crippen MR) is 183 cm³/mol. The van der Waals surface area contributed by atoms with Crippen LogP contribution in [0.2, 0.25) is 0 Å². The average Bonchev–Trinajstić information content (AvgIpc) is 3.45. The molecule has 0 bridgehead atoms. The number of nitrogen functional groups attached to an aromatic ring is 1. The zero-order chi connectivity index (χ0) is 34.3. The second-order valence-electron chi connectivity index (χ2n) is 11.8. The predicted octanol–water partition coefficient (Wildman–Crippen LogP) is 4.20. The number of aromatic nitrogens is 6. The van der Waals surface area contributed by atoms with Crippen LogP contribution in [0.1, 0.15) is 46.3 Å². The lowest BCUT2D eigenvalue weighted by atomic mass is 10.0. The first kappa shape index (κ1) is 31.6. The number of pyridine rings is 1. The van der Waals surface area contributed by atoms with Crippen molar-refractivity contribution in [1.82, 2.24) is 33.6 Å². The van der Waals surface area contributed by atoms with Crippen molar-refractivity contribution < 1.29 is 9.59 Å². The molecular weight excluding hydrogens is 610 g/mol. The molecule has 6 rings (SSSR count). The third-order valence-corrected chi connectivity index (χ3v) is 7.98. The van der Waals surface area contributed by atoms with Gasteiger partial charge >= 0.3 is 5.69 Å². The van der Waals surface area contributed by atoms with E-state index in [9.17, 15) is 19.2 Å². The number of carbonyl (C=O) groups is 2. The Morgan fingerprint density at radius 1 is 0.938 bits per heavy atom. The van der Waals surface area contributed by atoms with Crippen molar-refractivity contribution in [2.75, 3.05) is 25.1 Å². The number of carbonyl (C=O) groups excluding carboxylic acids is 2. The number of rotatable bonds is 7. The van der Waals surface area contributed by atoms with E-state index in [0.29, 0.717) is 28.3 Å². The highest BCUT2D eigenvalue weighted by Crippen LogP contribution is 2.36. The van der Waals surface area contributed by atoms with Gasteiger partial charge in [-0.3, -0.25) is 23.9 Å². The van der Waals surface area contributed by atoms with Crippen molar-refractivity contribution in [2.45, 2.75) is 26.8 Å². The highest BCUT2D eigenvalue weighted by atomic mass is 16.2. The zero-order valence-corrected chi connectivity index (χ0v) is 27.0. The van der Waals surface area contributed by atoms with Crippen molar-refractivity contribution in [2.24, 2.45) is 0 Å². The van der Waals surface area contributed by atoms with Gasteiger partial charge in [0.1, 0.15) is 23.1 Å². The smallest absolute Gasteiger partial charge is 0.335 e. The number of nitrogens with one attached hydrogen (secondary N) is 1. The van der Waals surface area contributed by atoms with Crippen molar-refractivity contribution in [1.29, 1.82) is 0 Å². The number of nitrogens with two attached hydrogens (primary N) is 1. The summed E-state index contributed by atoms with van der Waals surface area (Å²) >= 11 is 0. The lowest BCUT2D eigenvalue weighted by Crippen LogP contribution is -2.42. The fourth-order valence-corrected chi connectivity index (χ4v) is 5.48. The molecule has 0 atom stereocenters. The molecule has 0 radical (unpaired) electrons. The highest BCUT2D eigenvalue weighted by Gasteiger charge is 2.22. The van der Waals surface area contributed by atoms with E-state index in [4.69, 9.17) is 5.73 Å². The molecule has 0 fully saturated rings. The van der Waals surface area contributed by atoms with E-state index >= 15 is 0 Å². The fourth-order valence-electron chi connectivity index (χ4n) is 5.48. The molecule has 242 valence electrons. The van der Waals surface area contributed by atoms with Gasteiger partial charge in [0.05, 0.1) is 11.4 Å². The summed E-state index contributed by atoms with van der Waals surface area (Å²) in [7, 11) is 3.34. The van der Waals surface area contributed by atoms with Crippen molar-refractivity contribution >= 4 is 28.8 Å². The van der Waals surface area contributed by atoms with Gasteiger partial charge in [-0.05, 0) is 68.3 Å². The molecule has 0 spiro atoms. The van der Waals surface area contributed by atoms with Gasteiger partial charge in [0, 0.05) is 49.3 Å². The van der Waals surface area contributed by atoms with Gasteiger partial charge in [0.2, 0.25) is 0 Å². The minimum absolute atomic E-state index is 0.175. The van der Waals surface area contributed by atoms with Crippen molar-refractivity contribution in [3.8, 4) is 28.1 Å². The van der Waals surface area contributed by atoms with Crippen LogP contribution in [0.3, 0.4) is 0 Å². The topological polar surface area (TPSA) is 163 Å². The van der Waals surface area contributed by atoms with Crippen LogP contribution in [-0.4, -0.2) is 59.5 Å². The number of fused-ring (bicyclic) bond motifs is 1. The van der Waals surface area contributed by atoms with E-state index < -0.39 is 17.2 Å². The minimum atomic E-state index is -0.718. The monoisotopic (exact) mass is 643 g/mol. The summed E-state index contributed by atoms with van der Waals surface area (Å²) in [5, 5.41) is 7.24. The fraction of sp³-hybridized carbons (Fsp3) is 0.171. The van der Waals surface area contributed by atoms with E-state index in [2.05, 4.69) is 20.4 Å². The molecular formula is C35H33N9O4. The van der Waals surface area contributed by atoms with Crippen LogP contribution in [0.25, 0.3) is 33.6 Å². The summed E-state index contributed by atoms with van der Waals surface area (Å²) in [4.78, 5) is 62.7. The molecule has 0 aliphatic carbocycles. The zero-order valence-electron chi connectivity index (χ0n) is 27.0. The Hall–Kier alpha value is -6.37. The van der Waals surface area contributed by atoms with Crippen LogP contribution in [0.4, 0.5) is 11.5 Å². The summed E-state index contributed by atoms with van der Waals surface area (Å²) in [6.45, 7) is 5.50. The summed E-state index contributed by atoms with van der Waals surface area (Å²) in [6.07, 6.45) is 4.31. The number of anilines is 2. The number of benzene rings is 2. The first-order valence-electron chi connectivity index (χ1n) is 15.1. The van der Waals surface area contributed by atoms with Gasteiger partial charge in [0.15, 0.2) is 5.82 Å². The maximum absolute atomic E-state index is 13.5. The first-order chi connectivity index (χ1) is 23.0. The van der Waals surface area contributed by atoms with E-state index in [-0.39, 0.29) is 23.3 Å².